The highest BCUT2D eigenvalue weighted by atomic mass is 16.5. The molecule has 19 heavy (non-hydrogen) atoms. The van der Waals surface area contributed by atoms with Crippen LogP contribution < -0.4 is 5.32 Å². The Hall–Kier alpha value is -1.80. The molecule has 1 atom stereocenters. The molecule has 0 aliphatic rings. The van der Waals surface area contributed by atoms with Gasteiger partial charge in [-0.05, 0) is 6.92 Å². The van der Waals surface area contributed by atoms with Crippen LogP contribution in [0.4, 0.5) is 0 Å². The van der Waals surface area contributed by atoms with Crippen molar-refractivity contribution >= 4 is 0 Å². The highest BCUT2D eigenvalue weighted by Gasteiger charge is 2.08. The fourth-order valence-electron chi connectivity index (χ4n) is 1.59. The molecule has 2 aromatic rings. The van der Waals surface area contributed by atoms with Crippen LogP contribution in [-0.2, 0) is 24.2 Å². The molecule has 104 valence electrons. The summed E-state index contributed by atoms with van der Waals surface area (Å²) in [6.07, 6.45) is 3.87. The van der Waals surface area contributed by atoms with Crippen molar-refractivity contribution in [3.05, 3.63) is 24.4 Å². The first kappa shape index (κ1) is 13.6. The van der Waals surface area contributed by atoms with Crippen LogP contribution in [0.15, 0.2) is 17.2 Å². The first-order chi connectivity index (χ1) is 9.28. The molecule has 0 aliphatic heterocycles. The summed E-state index contributed by atoms with van der Waals surface area (Å²) in [5.41, 5.74) is 0. The van der Waals surface area contributed by atoms with Gasteiger partial charge in [0.25, 0.3) is 0 Å². The van der Waals surface area contributed by atoms with Gasteiger partial charge in [-0.3, -0.25) is 4.68 Å². The minimum Gasteiger partial charge on any atom is -0.384 e. The Morgan fingerprint density at radius 1 is 1.53 bits per heavy atom. The second kappa shape index (κ2) is 6.95. The number of methoxy groups -OCH3 is 1. The van der Waals surface area contributed by atoms with Gasteiger partial charge < -0.3 is 14.6 Å². The van der Waals surface area contributed by atoms with Crippen LogP contribution in [0, 0.1) is 0 Å². The van der Waals surface area contributed by atoms with E-state index >= 15 is 0 Å². The minimum atomic E-state index is 0.232. The summed E-state index contributed by atoms with van der Waals surface area (Å²) in [7, 11) is 1.65. The van der Waals surface area contributed by atoms with E-state index in [0.717, 1.165) is 6.54 Å². The molecule has 0 fully saturated rings. The maximum Gasteiger partial charge on any atom is 0.240 e. The number of nitrogens with one attached hydrogen (secondary N) is 1. The summed E-state index contributed by atoms with van der Waals surface area (Å²) >= 11 is 0. The maximum absolute atomic E-state index is 5.13. The summed E-state index contributed by atoms with van der Waals surface area (Å²) in [6.45, 7) is 3.93. The van der Waals surface area contributed by atoms with Crippen LogP contribution in [-0.4, -0.2) is 44.7 Å². The van der Waals surface area contributed by atoms with Crippen molar-refractivity contribution in [1.82, 2.24) is 30.2 Å². The maximum atomic E-state index is 5.13. The molecule has 0 aromatic carbocycles. The lowest BCUT2D eigenvalue weighted by Crippen LogP contribution is -2.30. The lowest BCUT2D eigenvalue weighted by Gasteiger charge is -2.11. The molecule has 0 bridgehead atoms. The van der Waals surface area contributed by atoms with Crippen LogP contribution in [0.2, 0.25) is 0 Å². The van der Waals surface area contributed by atoms with Crippen molar-refractivity contribution in [2.45, 2.75) is 32.5 Å². The van der Waals surface area contributed by atoms with Crippen LogP contribution in [0.5, 0.6) is 0 Å². The quantitative estimate of drug-likeness (QED) is 0.720. The van der Waals surface area contributed by atoms with Gasteiger partial charge in [0.1, 0.15) is 12.7 Å². The van der Waals surface area contributed by atoms with E-state index in [1.54, 1.807) is 18.1 Å². The van der Waals surface area contributed by atoms with Crippen molar-refractivity contribution in [2.24, 2.45) is 0 Å². The summed E-state index contributed by atoms with van der Waals surface area (Å²) in [4.78, 5) is 8.16. The summed E-state index contributed by atoms with van der Waals surface area (Å²) in [5.74, 6) is 1.25. The smallest absolute Gasteiger partial charge is 0.240 e. The van der Waals surface area contributed by atoms with Gasteiger partial charge in [0.05, 0.1) is 19.7 Å². The Morgan fingerprint density at radius 3 is 3.16 bits per heavy atom. The third kappa shape index (κ3) is 4.42. The molecule has 0 amide bonds. The SMILES string of the molecule is COCCc1noc(CN[C@@H](C)Cn2cncn2)n1. The fraction of sp³-hybridized carbons (Fsp3) is 0.636. The number of ether oxygens (including phenoxy) is 1. The van der Waals surface area contributed by atoms with Gasteiger partial charge in [-0.1, -0.05) is 5.16 Å². The Labute approximate surface area is 111 Å². The van der Waals surface area contributed by atoms with Gasteiger partial charge >= 0.3 is 0 Å². The Kier molecular flexibility index (Phi) is 4.99. The van der Waals surface area contributed by atoms with Gasteiger partial charge in [0.2, 0.25) is 5.89 Å². The average Bonchev–Trinajstić information content (AvgIpc) is 3.05. The number of nitrogens with zero attached hydrogens (tertiary/aromatic N) is 5. The summed E-state index contributed by atoms with van der Waals surface area (Å²) < 4.78 is 11.9. The van der Waals surface area contributed by atoms with E-state index in [0.29, 0.717) is 31.3 Å². The monoisotopic (exact) mass is 266 g/mol. The molecule has 0 saturated carbocycles. The van der Waals surface area contributed by atoms with E-state index in [-0.39, 0.29) is 6.04 Å². The molecule has 2 rings (SSSR count). The van der Waals surface area contributed by atoms with E-state index < -0.39 is 0 Å². The van der Waals surface area contributed by atoms with Crippen LogP contribution in [0.25, 0.3) is 0 Å². The van der Waals surface area contributed by atoms with E-state index in [9.17, 15) is 0 Å². The standard InChI is InChI=1S/C11H18N6O2/c1-9(6-17-8-12-7-14-17)13-5-11-15-10(16-19-11)3-4-18-2/h7-9,13H,3-6H2,1-2H3/t9-/m0/s1. The van der Waals surface area contributed by atoms with Crippen molar-refractivity contribution < 1.29 is 9.26 Å². The summed E-state index contributed by atoms with van der Waals surface area (Å²) in [5, 5.41) is 11.2. The lowest BCUT2D eigenvalue weighted by molar-refractivity contribution is 0.199. The second-order valence-electron chi connectivity index (χ2n) is 4.25. The minimum absolute atomic E-state index is 0.232. The fourth-order valence-corrected chi connectivity index (χ4v) is 1.59. The topological polar surface area (TPSA) is 90.9 Å². The lowest BCUT2D eigenvalue weighted by atomic mass is 10.3. The molecule has 2 aromatic heterocycles. The Balaban J connectivity index is 1.73. The normalized spacial score (nSPS) is 12.7. The van der Waals surface area contributed by atoms with Gasteiger partial charge in [0, 0.05) is 19.6 Å². The first-order valence-electron chi connectivity index (χ1n) is 6.14. The number of aromatic nitrogens is 5. The molecule has 2 heterocycles. The molecule has 1 N–H and O–H groups in total. The Bertz CT molecular complexity index is 469. The number of rotatable bonds is 8. The molecular formula is C11H18N6O2. The van der Waals surface area contributed by atoms with Crippen LogP contribution >= 0.6 is 0 Å². The predicted molar refractivity (Wildman–Crippen MR) is 66.2 cm³/mol. The highest BCUT2D eigenvalue weighted by Crippen LogP contribution is 1.99. The van der Waals surface area contributed by atoms with Crippen molar-refractivity contribution in [1.29, 1.82) is 0 Å². The zero-order valence-electron chi connectivity index (χ0n) is 11.1. The number of hydrogen-bond donors (Lipinski definition) is 1. The molecular weight excluding hydrogens is 248 g/mol. The third-order valence-corrected chi connectivity index (χ3v) is 2.57. The third-order valence-electron chi connectivity index (χ3n) is 2.57. The summed E-state index contributed by atoms with van der Waals surface area (Å²) in [6, 6.07) is 0.232. The van der Waals surface area contributed by atoms with E-state index in [2.05, 4.69) is 32.5 Å². The largest absolute Gasteiger partial charge is 0.384 e. The van der Waals surface area contributed by atoms with E-state index in [1.807, 2.05) is 0 Å². The van der Waals surface area contributed by atoms with Gasteiger partial charge in [-0.15, -0.1) is 0 Å². The zero-order valence-corrected chi connectivity index (χ0v) is 11.1. The molecule has 0 saturated heterocycles. The van der Waals surface area contributed by atoms with Crippen LogP contribution in [0.1, 0.15) is 18.6 Å². The highest BCUT2D eigenvalue weighted by molar-refractivity contribution is 4.86. The predicted octanol–water partition coefficient (Wildman–Crippen LogP) is 0.0283. The van der Waals surface area contributed by atoms with Crippen LogP contribution in [0.3, 0.4) is 0 Å². The second-order valence-corrected chi connectivity index (χ2v) is 4.25. The van der Waals surface area contributed by atoms with Crippen molar-refractivity contribution in [3.63, 3.8) is 0 Å². The first-order valence-corrected chi connectivity index (χ1v) is 6.14. The van der Waals surface area contributed by atoms with Gasteiger partial charge in [-0.25, -0.2) is 4.98 Å². The van der Waals surface area contributed by atoms with Gasteiger partial charge in [0.15, 0.2) is 5.82 Å². The molecule has 0 spiro atoms. The molecule has 8 nitrogen and oxygen atoms in total. The molecule has 0 radical (unpaired) electrons. The zero-order chi connectivity index (χ0) is 13.5. The molecule has 0 aliphatic carbocycles. The number of hydrogen-bond acceptors (Lipinski definition) is 7. The van der Waals surface area contributed by atoms with E-state index in [1.165, 1.54) is 6.33 Å². The Morgan fingerprint density at radius 2 is 2.42 bits per heavy atom. The van der Waals surface area contributed by atoms with Gasteiger partial charge in [-0.2, -0.15) is 10.1 Å². The molecule has 8 heteroatoms. The average molecular weight is 266 g/mol. The van der Waals surface area contributed by atoms with Crippen molar-refractivity contribution in [3.8, 4) is 0 Å². The van der Waals surface area contributed by atoms with Crippen molar-refractivity contribution in [2.75, 3.05) is 13.7 Å². The molecule has 0 unspecified atom stereocenters. The van der Waals surface area contributed by atoms with E-state index in [4.69, 9.17) is 9.26 Å².